The van der Waals surface area contributed by atoms with Gasteiger partial charge >= 0.3 is 39.5 Å². The number of rotatable bonds is 69. The molecular weight excluding hydrogens is 1190 g/mol. The third-order valence-corrected chi connectivity index (χ3v) is 18.6. The number of ether oxygens (including phenoxy) is 4. The van der Waals surface area contributed by atoms with Crippen molar-refractivity contribution in [2.75, 3.05) is 39.6 Å². The van der Waals surface area contributed by atoms with E-state index in [1.165, 1.54) is 161 Å². The molecular formula is C71H138O17P2. The minimum absolute atomic E-state index is 0.103. The number of phosphoric ester groups is 2. The maximum atomic E-state index is 13.0. The first kappa shape index (κ1) is 88.1. The number of carbonyl (C=O) groups is 4. The van der Waals surface area contributed by atoms with Crippen LogP contribution in [0.4, 0.5) is 0 Å². The lowest BCUT2D eigenvalue weighted by Crippen LogP contribution is -2.30. The molecule has 0 amide bonds. The molecule has 0 radical (unpaired) electrons. The van der Waals surface area contributed by atoms with Gasteiger partial charge in [0.2, 0.25) is 0 Å². The van der Waals surface area contributed by atoms with Crippen molar-refractivity contribution in [3.63, 3.8) is 0 Å². The third kappa shape index (κ3) is 63.5. The second kappa shape index (κ2) is 61.9. The summed E-state index contributed by atoms with van der Waals surface area (Å²) in [5.74, 6) is 0.0940. The smallest absolute Gasteiger partial charge is 0.462 e. The highest BCUT2D eigenvalue weighted by Gasteiger charge is 2.30. The van der Waals surface area contributed by atoms with Crippen LogP contribution >= 0.6 is 15.6 Å². The standard InChI is InChI=1S/C71H138O17P2/c1-8-10-11-12-13-14-15-16-17-18-21-25-31-40-47-54-70(75)87-66(58-81-68(73)52-45-38-30-24-22-19-20-23-28-35-42-49-62(3)4)60-85-89(77,78)83-56-65(72)57-84-90(79,80)86-61-67(59-82-69(74)53-46-39-34-33-37-44-51-64(7)9-2)88-71(76)55-48-41-32-27-26-29-36-43-50-63(5)6/h62-67,72H,8-61H2,1-7H3,(H,77,78)(H,79,80)/t64?,65-,66-,67-/m1/s1. The fraction of sp³-hybridized carbons (Fsp3) is 0.944. The lowest BCUT2D eigenvalue weighted by atomic mass is 10.00. The van der Waals surface area contributed by atoms with Crippen molar-refractivity contribution in [2.24, 2.45) is 17.8 Å². The third-order valence-electron chi connectivity index (χ3n) is 16.7. The maximum absolute atomic E-state index is 13.0. The Morgan fingerprint density at radius 3 is 0.844 bits per heavy atom. The summed E-state index contributed by atoms with van der Waals surface area (Å²) in [6.45, 7) is 11.8. The minimum atomic E-state index is -4.95. The van der Waals surface area contributed by atoms with E-state index in [9.17, 15) is 43.2 Å². The molecule has 0 saturated heterocycles. The van der Waals surface area contributed by atoms with Gasteiger partial charge < -0.3 is 33.8 Å². The van der Waals surface area contributed by atoms with Crippen LogP contribution in [0.2, 0.25) is 0 Å². The molecule has 534 valence electrons. The number of phosphoric acid groups is 2. The van der Waals surface area contributed by atoms with Crippen molar-refractivity contribution in [2.45, 2.75) is 375 Å². The molecule has 0 saturated carbocycles. The summed E-state index contributed by atoms with van der Waals surface area (Å²) >= 11 is 0. The van der Waals surface area contributed by atoms with Crippen LogP contribution in [0.1, 0.15) is 357 Å². The van der Waals surface area contributed by atoms with Gasteiger partial charge in [0, 0.05) is 25.7 Å². The van der Waals surface area contributed by atoms with Gasteiger partial charge in [0.05, 0.1) is 26.4 Å². The zero-order valence-electron chi connectivity index (χ0n) is 58.6. The average Bonchev–Trinajstić information content (AvgIpc) is 3.59. The first-order valence-electron chi connectivity index (χ1n) is 36.9. The van der Waals surface area contributed by atoms with Gasteiger partial charge in [-0.25, -0.2) is 9.13 Å². The number of hydrogen-bond acceptors (Lipinski definition) is 15. The normalized spacial score (nSPS) is 14.5. The van der Waals surface area contributed by atoms with E-state index >= 15 is 0 Å². The Hall–Kier alpha value is -1.94. The highest BCUT2D eigenvalue weighted by atomic mass is 31.2. The highest BCUT2D eigenvalue weighted by Crippen LogP contribution is 2.45. The largest absolute Gasteiger partial charge is 0.472 e. The molecule has 19 heteroatoms. The molecule has 3 unspecified atom stereocenters. The molecule has 6 atom stereocenters. The van der Waals surface area contributed by atoms with E-state index in [2.05, 4.69) is 48.5 Å². The first-order valence-corrected chi connectivity index (χ1v) is 39.9. The van der Waals surface area contributed by atoms with Crippen LogP contribution in [-0.2, 0) is 65.4 Å². The van der Waals surface area contributed by atoms with Gasteiger partial charge in [0.15, 0.2) is 12.2 Å². The van der Waals surface area contributed by atoms with Gasteiger partial charge in [0.1, 0.15) is 19.3 Å². The van der Waals surface area contributed by atoms with Gasteiger partial charge in [-0.1, -0.05) is 305 Å². The predicted octanol–water partition coefficient (Wildman–Crippen LogP) is 20.2. The molecule has 0 bridgehead atoms. The number of carbonyl (C=O) groups excluding carboxylic acids is 4. The number of esters is 4. The molecule has 0 aliphatic rings. The average molecular weight is 1330 g/mol. The van der Waals surface area contributed by atoms with Crippen molar-refractivity contribution < 1.29 is 80.2 Å². The van der Waals surface area contributed by atoms with E-state index in [4.69, 9.17) is 37.0 Å². The molecule has 90 heavy (non-hydrogen) atoms. The van der Waals surface area contributed by atoms with Gasteiger partial charge in [-0.3, -0.25) is 37.3 Å². The molecule has 0 heterocycles. The van der Waals surface area contributed by atoms with Gasteiger partial charge in [-0.2, -0.15) is 0 Å². The Kier molecular flexibility index (Phi) is 60.6. The van der Waals surface area contributed by atoms with Crippen LogP contribution in [-0.4, -0.2) is 96.7 Å². The molecule has 0 aliphatic carbocycles. The molecule has 0 aromatic heterocycles. The van der Waals surface area contributed by atoms with Crippen LogP contribution in [0, 0.1) is 17.8 Å². The van der Waals surface area contributed by atoms with E-state index in [0.717, 1.165) is 114 Å². The monoisotopic (exact) mass is 1320 g/mol. The van der Waals surface area contributed by atoms with Crippen molar-refractivity contribution in [1.82, 2.24) is 0 Å². The Labute approximate surface area is 549 Å². The molecule has 3 N–H and O–H groups in total. The predicted molar refractivity (Wildman–Crippen MR) is 363 cm³/mol. The number of aliphatic hydroxyl groups excluding tert-OH is 1. The summed E-state index contributed by atoms with van der Waals surface area (Å²) in [6, 6.07) is 0. The van der Waals surface area contributed by atoms with Crippen molar-refractivity contribution in [3.8, 4) is 0 Å². The van der Waals surface area contributed by atoms with Crippen LogP contribution < -0.4 is 0 Å². The van der Waals surface area contributed by atoms with Crippen LogP contribution in [0.15, 0.2) is 0 Å². The van der Waals surface area contributed by atoms with E-state index in [1.807, 2.05) is 0 Å². The summed E-state index contributed by atoms with van der Waals surface area (Å²) in [4.78, 5) is 72.6. The van der Waals surface area contributed by atoms with Crippen LogP contribution in [0.5, 0.6) is 0 Å². The molecule has 0 fully saturated rings. The summed E-state index contributed by atoms with van der Waals surface area (Å²) < 4.78 is 68.3. The highest BCUT2D eigenvalue weighted by molar-refractivity contribution is 7.47. The van der Waals surface area contributed by atoms with Crippen molar-refractivity contribution in [1.29, 1.82) is 0 Å². The molecule has 0 aromatic rings. The first-order chi connectivity index (χ1) is 43.3. The number of unbranched alkanes of at least 4 members (excludes halogenated alkanes) is 36. The van der Waals surface area contributed by atoms with Crippen LogP contribution in [0.3, 0.4) is 0 Å². The topological polar surface area (TPSA) is 237 Å². The van der Waals surface area contributed by atoms with Gasteiger partial charge in [-0.15, -0.1) is 0 Å². The Morgan fingerprint density at radius 1 is 0.322 bits per heavy atom. The molecule has 17 nitrogen and oxygen atoms in total. The molecule has 0 aromatic carbocycles. The zero-order chi connectivity index (χ0) is 66.6. The molecule has 0 spiro atoms. The second-order valence-corrected chi connectivity index (χ2v) is 29.7. The maximum Gasteiger partial charge on any atom is 0.472 e. The molecule has 0 aliphatic heterocycles. The quantitative estimate of drug-likeness (QED) is 0.0222. The van der Waals surface area contributed by atoms with E-state index in [-0.39, 0.29) is 25.7 Å². The van der Waals surface area contributed by atoms with E-state index in [1.54, 1.807) is 0 Å². The lowest BCUT2D eigenvalue weighted by Gasteiger charge is -2.21. The van der Waals surface area contributed by atoms with Gasteiger partial charge in [0.25, 0.3) is 0 Å². The summed E-state index contributed by atoms with van der Waals surface area (Å²) in [5, 5.41) is 10.6. The second-order valence-electron chi connectivity index (χ2n) is 26.8. The Morgan fingerprint density at radius 2 is 0.567 bits per heavy atom. The minimum Gasteiger partial charge on any atom is -0.462 e. The number of hydrogen-bond donors (Lipinski definition) is 3. The fourth-order valence-corrected chi connectivity index (χ4v) is 12.3. The fourth-order valence-electron chi connectivity index (χ4n) is 10.7. The summed E-state index contributed by atoms with van der Waals surface area (Å²) in [6.07, 6.45) is 45.8. The molecule has 0 rings (SSSR count). The summed E-state index contributed by atoms with van der Waals surface area (Å²) in [7, 11) is -9.90. The zero-order valence-corrected chi connectivity index (χ0v) is 60.4. The SMILES string of the molecule is CCCCCCCCCCCCCCCCCC(=O)O[C@H](COC(=O)CCCCCCCCCCCCCC(C)C)COP(=O)(O)OC[C@@H](O)COP(=O)(O)OC[C@@H](COC(=O)CCCCCCCCC(C)CC)OC(=O)CCCCCCCCCCC(C)C. The van der Waals surface area contributed by atoms with Crippen LogP contribution in [0.25, 0.3) is 0 Å². The Balaban J connectivity index is 5.26. The number of aliphatic hydroxyl groups is 1. The van der Waals surface area contributed by atoms with Gasteiger partial charge in [-0.05, 0) is 43.4 Å². The Bertz CT molecular complexity index is 1770. The lowest BCUT2D eigenvalue weighted by molar-refractivity contribution is -0.161. The van der Waals surface area contributed by atoms with Crippen molar-refractivity contribution >= 4 is 39.5 Å². The van der Waals surface area contributed by atoms with E-state index < -0.39 is 97.5 Å². The summed E-state index contributed by atoms with van der Waals surface area (Å²) in [5.41, 5.74) is 0. The van der Waals surface area contributed by atoms with E-state index in [0.29, 0.717) is 25.7 Å². The van der Waals surface area contributed by atoms with Crippen molar-refractivity contribution in [3.05, 3.63) is 0 Å².